The number of hydrogen-bond acceptors (Lipinski definition) is 9. The number of rotatable bonds is 19. The molecule has 58 heavy (non-hydrogen) atoms. The van der Waals surface area contributed by atoms with Gasteiger partial charge in [-0.15, -0.1) is 0 Å². The molecular formula is C45H57N5O6S2. The normalized spacial score (nSPS) is 12.6. The molecule has 0 saturated carbocycles. The third-order valence-electron chi connectivity index (χ3n) is 10.9. The van der Waals surface area contributed by atoms with Crippen molar-refractivity contribution in [2.45, 2.75) is 63.7 Å². The zero-order valence-electron chi connectivity index (χ0n) is 34.8. The summed E-state index contributed by atoms with van der Waals surface area (Å²) in [5, 5.41) is 4.65. The number of carbonyl (C=O) groups is 1. The molecule has 0 aromatic heterocycles. The highest BCUT2D eigenvalue weighted by Crippen LogP contribution is 2.42. The molecule has 0 amide bonds. The van der Waals surface area contributed by atoms with Gasteiger partial charge in [0.1, 0.15) is 6.61 Å². The van der Waals surface area contributed by atoms with E-state index in [0.717, 1.165) is 52.2 Å². The summed E-state index contributed by atoms with van der Waals surface area (Å²) in [6.45, 7) is 14.7. The van der Waals surface area contributed by atoms with Crippen molar-refractivity contribution >= 4 is 59.5 Å². The number of ether oxygens (including phenoxy) is 1. The van der Waals surface area contributed by atoms with Crippen LogP contribution < -0.4 is 24.6 Å². The van der Waals surface area contributed by atoms with Crippen molar-refractivity contribution in [2.24, 2.45) is 5.41 Å². The molecule has 5 aromatic rings. The lowest BCUT2D eigenvalue weighted by atomic mass is 9.82. The van der Waals surface area contributed by atoms with E-state index in [0.29, 0.717) is 24.0 Å². The second kappa shape index (κ2) is 18.8. The van der Waals surface area contributed by atoms with Crippen molar-refractivity contribution in [2.75, 3.05) is 62.0 Å². The fourth-order valence-corrected chi connectivity index (χ4v) is 8.85. The maximum atomic E-state index is 13.6. The van der Waals surface area contributed by atoms with Gasteiger partial charge in [-0.05, 0) is 132 Å². The van der Waals surface area contributed by atoms with E-state index in [4.69, 9.17) is 4.74 Å². The minimum atomic E-state index is -3.89. The number of anilines is 4. The minimum Gasteiger partial charge on any atom is -0.463 e. The SMILES string of the molecule is CCN(CC)c1ccc(C(c2ccc(N(CC)c3cccc(S(=O)(=O)NC)c3)cc2)c2ccc(NCCOC(=O)C(C)(C)CC)c3c(S(=O)(=O)NC)cccc23)cc1. The molecule has 0 saturated heterocycles. The van der Waals surface area contributed by atoms with Crippen LogP contribution in [-0.2, 0) is 29.6 Å². The second-order valence-corrected chi connectivity index (χ2v) is 18.4. The van der Waals surface area contributed by atoms with Crippen LogP contribution in [0.15, 0.2) is 113 Å². The van der Waals surface area contributed by atoms with E-state index >= 15 is 0 Å². The van der Waals surface area contributed by atoms with Gasteiger partial charge in [-0.1, -0.05) is 55.5 Å². The lowest BCUT2D eigenvalue weighted by Gasteiger charge is -2.27. The molecule has 5 aromatic carbocycles. The Balaban J connectivity index is 1.64. The molecule has 0 spiro atoms. The number of benzene rings is 5. The smallest absolute Gasteiger partial charge is 0.311 e. The summed E-state index contributed by atoms with van der Waals surface area (Å²) in [5.74, 6) is -0.589. The van der Waals surface area contributed by atoms with Crippen molar-refractivity contribution in [3.05, 3.63) is 120 Å². The van der Waals surface area contributed by atoms with E-state index in [-0.39, 0.29) is 34.8 Å². The molecule has 11 nitrogen and oxygen atoms in total. The summed E-state index contributed by atoms with van der Waals surface area (Å²) in [7, 11) is -4.73. The fraction of sp³-hybridized carbons (Fsp3) is 0.356. The first-order valence-corrected chi connectivity index (χ1v) is 22.8. The molecular weight excluding hydrogens is 771 g/mol. The molecule has 0 aliphatic rings. The number of esters is 1. The number of nitrogens with zero attached hydrogens (tertiary/aromatic N) is 2. The van der Waals surface area contributed by atoms with Crippen molar-refractivity contribution < 1.29 is 26.4 Å². The maximum Gasteiger partial charge on any atom is 0.311 e. The molecule has 0 heterocycles. The summed E-state index contributed by atoms with van der Waals surface area (Å²) in [6, 6.07) is 32.9. The Morgan fingerprint density at radius 1 is 0.707 bits per heavy atom. The Bertz CT molecular complexity index is 2420. The standard InChI is InChI=1S/C45H57N5O6S2/c1-9-45(5,6)44(51)56-30-29-48-40-28-27-39(38-17-14-18-41(43(38)40)58(54,55)47-8)42(32-19-23-34(24-20-32)49(10-2)11-3)33-21-25-35(26-22-33)50(12-4)36-15-13-16-37(31-36)57(52,53)46-7/h13-28,31,42,46-48H,9-12,29-30H2,1-8H3. The van der Waals surface area contributed by atoms with Gasteiger partial charge < -0.3 is 19.9 Å². The van der Waals surface area contributed by atoms with Crippen LogP contribution in [0.25, 0.3) is 10.8 Å². The third kappa shape index (κ3) is 9.50. The molecule has 13 heteroatoms. The average Bonchev–Trinajstić information content (AvgIpc) is 3.24. The topological polar surface area (TPSA) is 137 Å². The van der Waals surface area contributed by atoms with Crippen LogP contribution in [0.5, 0.6) is 0 Å². The Morgan fingerprint density at radius 3 is 1.88 bits per heavy atom. The largest absolute Gasteiger partial charge is 0.463 e. The Morgan fingerprint density at radius 2 is 1.31 bits per heavy atom. The van der Waals surface area contributed by atoms with E-state index in [1.54, 1.807) is 30.3 Å². The average molecular weight is 828 g/mol. The van der Waals surface area contributed by atoms with Gasteiger partial charge >= 0.3 is 5.97 Å². The third-order valence-corrected chi connectivity index (χ3v) is 13.8. The minimum absolute atomic E-state index is 0.116. The first kappa shape index (κ1) is 44.2. The Labute approximate surface area is 344 Å². The maximum absolute atomic E-state index is 13.6. The highest BCUT2D eigenvalue weighted by molar-refractivity contribution is 7.90. The predicted molar refractivity (Wildman–Crippen MR) is 236 cm³/mol. The molecule has 1 unspecified atom stereocenters. The predicted octanol–water partition coefficient (Wildman–Crippen LogP) is 8.23. The number of hydrogen-bond donors (Lipinski definition) is 3. The Hall–Kier alpha value is -4.95. The van der Waals surface area contributed by atoms with Gasteiger partial charge in [-0.2, -0.15) is 0 Å². The number of nitrogens with one attached hydrogen (secondary N) is 3. The summed E-state index contributed by atoms with van der Waals surface area (Å²) in [6.07, 6.45) is 0.646. The fourth-order valence-electron chi connectivity index (χ4n) is 7.11. The zero-order chi connectivity index (χ0) is 42.3. The lowest BCUT2D eigenvalue weighted by Crippen LogP contribution is -2.27. The lowest BCUT2D eigenvalue weighted by molar-refractivity contribution is -0.153. The molecule has 5 rings (SSSR count). The molecule has 1 atom stereocenters. The van der Waals surface area contributed by atoms with Crippen molar-refractivity contribution in [3.8, 4) is 0 Å². The number of fused-ring (bicyclic) bond motifs is 1. The quantitative estimate of drug-likeness (QED) is 0.0427. The van der Waals surface area contributed by atoms with E-state index in [1.165, 1.54) is 14.1 Å². The molecule has 310 valence electrons. The molecule has 0 aliphatic carbocycles. The molecule has 3 N–H and O–H groups in total. The monoisotopic (exact) mass is 827 g/mol. The van der Waals surface area contributed by atoms with Gasteiger partial charge in [0.25, 0.3) is 0 Å². The van der Waals surface area contributed by atoms with Gasteiger partial charge in [0.2, 0.25) is 20.0 Å². The van der Waals surface area contributed by atoms with E-state index in [2.05, 4.69) is 74.8 Å². The summed E-state index contributed by atoms with van der Waals surface area (Å²) in [5.41, 5.74) is 5.65. The van der Waals surface area contributed by atoms with Crippen molar-refractivity contribution in [1.82, 2.24) is 9.44 Å². The van der Waals surface area contributed by atoms with Crippen molar-refractivity contribution in [1.29, 1.82) is 0 Å². The van der Waals surface area contributed by atoms with Crippen LogP contribution in [0.1, 0.15) is 70.6 Å². The highest BCUT2D eigenvalue weighted by atomic mass is 32.2. The number of sulfonamides is 2. The van der Waals surface area contributed by atoms with Gasteiger partial charge in [0.05, 0.1) is 15.2 Å². The zero-order valence-corrected chi connectivity index (χ0v) is 36.4. The van der Waals surface area contributed by atoms with E-state index < -0.39 is 25.5 Å². The van der Waals surface area contributed by atoms with Gasteiger partial charge in [0, 0.05) is 60.2 Å². The summed E-state index contributed by atoms with van der Waals surface area (Å²) in [4.78, 5) is 17.3. The summed E-state index contributed by atoms with van der Waals surface area (Å²) < 4.78 is 62.9. The molecule has 0 aliphatic heterocycles. The molecule has 0 fully saturated rings. The van der Waals surface area contributed by atoms with Crippen molar-refractivity contribution in [3.63, 3.8) is 0 Å². The van der Waals surface area contributed by atoms with E-state index in [1.807, 2.05) is 64.1 Å². The van der Waals surface area contributed by atoms with Crippen LogP contribution >= 0.6 is 0 Å². The summed E-state index contributed by atoms with van der Waals surface area (Å²) >= 11 is 0. The van der Waals surface area contributed by atoms with Crippen LogP contribution in [0.3, 0.4) is 0 Å². The number of carbonyl (C=O) groups excluding carboxylic acids is 1. The molecule has 0 bridgehead atoms. The van der Waals surface area contributed by atoms with E-state index in [9.17, 15) is 21.6 Å². The first-order chi connectivity index (χ1) is 27.7. The van der Waals surface area contributed by atoms with Gasteiger partial charge in [-0.25, -0.2) is 26.3 Å². The first-order valence-electron chi connectivity index (χ1n) is 19.8. The van der Waals surface area contributed by atoms with Crippen LogP contribution in [0.4, 0.5) is 22.7 Å². The van der Waals surface area contributed by atoms with Crippen LogP contribution in [0.2, 0.25) is 0 Å². The van der Waals surface area contributed by atoms with Crippen LogP contribution in [-0.4, -0.2) is 69.7 Å². The second-order valence-electron chi connectivity index (χ2n) is 14.6. The molecule has 0 radical (unpaired) electrons. The Kier molecular flexibility index (Phi) is 14.3. The van der Waals surface area contributed by atoms with Gasteiger partial charge in [-0.3, -0.25) is 4.79 Å². The highest BCUT2D eigenvalue weighted by Gasteiger charge is 2.28. The van der Waals surface area contributed by atoms with Crippen LogP contribution in [0, 0.1) is 5.41 Å². The van der Waals surface area contributed by atoms with Gasteiger partial charge in [0.15, 0.2) is 0 Å².